The van der Waals surface area contributed by atoms with Crippen molar-refractivity contribution in [2.75, 3.05) is 5.32 Å². The molecule has 4 nitrogen and oxygen atoms in total. The zero-order valence-corrected chi connectivity index (χ0v) is 15.2. The van der Waals surface area contributed by atoms with Crippen LogP contribution in [0.1, 0.15) is 36.7 Å². The van der Waals surface area contributed by atoms with Gasteiger partial charge in [0.15, 0.2) is 0 Å². The van der Waals surface area contributed by atoms with E-state index in [2.05, 4.69) is 19.2 Å². The fraction of sp³-hybridized carbons (Fsp3) is 0.227. The van der Waals surface area contributed by atoms with Crippen molar-refractivity contribution in [3.8, 4) is 0 Å². The second kappa shape index (κ2) is 8.39. The summed E-state index contributed by atoms with van der Waals surface area (Å²) in [5.41, 5.74) is 3.11. The molecular formula is C22H24N2O2. The molecule has 26 heavy (non-hydrogen) atoms. The number of carbonyl (C=O) groups excluding carboxylic acids is 1. The first-order valence-corrected chi connectivity index (χ1v) is 8.84. The van der Waals surface area contributed by atoms with Crippen LogP contribution in [0.15, 0.2) is 77.4 Å². The zero-order chi connectivity index (χ0) is 18.4. The van der Waals surface area contributed by atoms with Gasteiger partial charge < -0.3 is 14.6 Å². The lowest BCUT2D eigenvalue weighted by Crippen LogP contribution is -2.33. The van der Waals surface area contributed by atoms with Gasteiger partial charge in [-0.25, -0.2) is 4.79 Å². The van der Waals surface area contributed by atoms with E-state index in [4.69, 9.17) is 4.42 Å². The first-order valence-electron chi connectivity index (χ1n) is 8.84. The number of carbonyl (C=O) groups is 1. The van der Waals surface area contributed by atoms with Crippen LogP contribution < -0.4 is 5.32 Å². The predicted molar refractivity (Wildman–Crippen MR) is 104 cm³/mol. The van der Waals surface area contributed by atoms with E-state index in [1.165, 1.54) is 5.56 Å². The highest BCUT2D eigenvalue weighted by Gasteiger charge is 2.16. The number of rotatable bonds is 6. The van der Waals surface area contributed by atoms with Crippen LogP contribution >= 0.6 is 0 Å². The average Bonchev–Trinajstić information content (AvgIpc) is 3.15. The minimum absolute atomic E-state index is 0.150. The molecule has 2 amide bonds. The van der Waals surface area contributed by atoms with E-state index in [1.807, 2.05) is 66.7 Å². The number of hydrogen-bond donors (Lipinski definition) is 1. The summed E-state index contributed by atoms with van der Waals surface area (Å²) >= 11 is 0. The molecule has 134 valence electrons. The number of benzene rings is 2. The normalized spacial score (nSPS) is 10.7. The Morgan fingerprint density at radius 2 is 1.69 bits per heavy atom. The first-order chi connectivity index (χ1) is 12.6. The molecule has 1 heterocycles. The third-order valence-electron chi connectivity index (χ3n) is 4.26. The van der Waals surface area contributed by atoms with Crippen molar-refractivity contribution in [2.24, 2.45) is 0 Å². The summed E-state index contributed by atoms with van der Waals surface area (Å²) in [5, 5.41) is 2.99. The average molecular weight is 348 g/mol. The zero-order valence-electron chi connectivity index (χ0n) is 15.2. The van der Waals surface area contributed by atoms with Crippen molar-refractivity contribution in [3.63, 3.8) is 0 Å². The van der Waals surface area contributed by atoms with Gasteiger partial charge in [0.05, 0.1) is 12.8 Å². The number of nitrogens with one attached hydrogen (secondary N) is 1. The Morgan fingerprint density at radius 1 is 0.962 bits per heavy atom. The molecule has 2 aromatic carbocycles. The van der Waals surface area contributed by atoms with Gasteiger partial charge in [-0.1, -0.05) is 56.3 Å². The Kier molecular flexibility index (Phi) is 5.74. The molecule has 0 radical (unpaired) electrons. The molecule has 0 aliphatic rings. The maximum Gasteiger partial charge on any atom is 0.322 e. The highest BCUT2D eigenvalue weighted by atomic mass is 16.3. The van der Waals surface area contributed by atoms with Gasteiger partial charge in [0.25, 0.3) is 0 Å². The summed E-state index contributed by atoms with van der Waals surface area (Å²) in [6.07, 6.45) is 1.62. The van der Waals surface area contributed by atoms with Crippen LogP contribution in [0.5, 0.6) is 0 Å². The van der Waals surface area contributed by atoms with E-state index in [-0.39, 0.29) is 6.03 Å². The second-order valence-corrected chi connectivity index (χ2v) is 6.63. The van der Waals surface area contributed by atoms with Crippen LogP contribution in [0, 0.1) is 0 Å². The summed E-state index contributed by atoms with van der Waals surface area (Å²) in [7, 11) is 0. The highest BCUT2D eigenvalue weighted by molar-refractivity contribution is 5.89. The molecule has 3 aromatic rings. The van der Waals surface area contributed by atoms with Crippen LogP contribution in [0.25, 0.3) is 0 Å². The molecule has 0 aliphatic carbocycles. The van der Waals surface area contributed by atoms with Gasteiger partial charge in [-0.2, -0.15) is 0 Å². The van der Waals surface area contributed by atoms with E-state index in [9.17, 15) is 4.79 Å². The van der Waals surface area contributed by atoms with Crippen LogP contribution in [-0.4, -0.2) is 10.9 Å². The fourth-order valence-electron chi connectivity index (χ4n) is 2.75. The third kappa shape index (κ3) is 4.76. The molecule has 3 rings (SSSR count). The SMILES string of the molecule is CC(C)c1ccc(NC(=O)N(Cc2ccccc2)Cc2ccco2)cc1. The largest absolute Gasteiger partial charge is 0.467 e. The van der Waals surface area contributed by atoms with Crippen LogP contribution in [-0.2, 0) is 13.1 Å². The Labute approximate surface area is 154 Å². The molecule has 0 bridgehead atoms. The van der Waals surface area contributed by atoms with Gasteiger partial charge in [0.2, 0.25) is 0 Å². The maximum absolute atomic E-state index is 12.8. The Hall–Kier alpha value is -3.01. The molecule has 0 spiro atoms. The number of hydrogen-bond acceptors (Lipinski definition) is 2. The molecule has 4 heteroatoms. The topological polar surface area (TPSA) is 45.5 Å². The monoisotopic (exact) mass is 348 g/mol. The Bertz CT molecular complexity index is 809. The van der Waals surface area contributed by atoms with Crippen molar-refractivity contribution < 1.29 is 9.21 Å². The van der Waals surface area contributed by atoms with Gasteiger partial charge in [-0.3, -0.25) is 0 Å². The smallest absolute Gasteiger partial charge is 0.322 e. The lowest BCUT2D eigenvalue weighted by molar-refractivity contribution is 0.201. The van der Waals surface area contributed by atoms with Gasteiger partial charge >= 0.3 is 6.03 Å². The van der Waals surface area contributed by atoms with E-state index >= 15 is 0 Å². The minimum Gasteiger partial charge on any atom is -0.467 e. The van der Waals surface area contributed by atoms with Gasteiger partial charge in [0, 0.05) is 12.2 Å². The van der Waals surface area contributed by atoms with E-state index in [1.54, 1.807) is 11.2 Å². The van der Waals surface area contributed by atoms with Crippen molar-refractivity contribution in [1.29, 1.82) is 0 Å². The second-order valence-electron chi connectivity index (χ2n) is 6.63. The molecular weight excluding hydrogens is 324 g/mol. The van der Waals surface area contributed by atoms with Crippen molar-refractivity contribution in [2.45, 2.75) is 32.9 Å². The van der Waals surface area contributed by atoms with Crippen LogP contribution in [0.3, 0.4) is 0 Å². The molecule has 0 unspecified atom stereocenters. The summed E-state index contributed by atoms with van der Waals surface area (Å²) in [6.45, 7) is 5.23. The molecule has 0 atom stereocenters. The van der Waals surface area contributed by atoms with E-state index in [0.29, 0.717) is 19.0 Å². The van der Waals surface area contributed by atoms with Crippen molar-refractivity contribution in [3.05, 3.63) is 89.9 Å². The van der Waals surface area contributed by atoms with E-state index < -0.39 is 0 Å². The van der Waals surface area contributed by atoms with E-state index in [0.717, 1.165) is 17.0 Å². The predicted octanol–water partition coefficient (Wildman–Crippen LogP) is 5.64. The highest BCUT2D eigenvalue weighted by Crippen LogP contribution is 2.18. The fourth-order valence-corrected chi connectivity index (χ4v) is 2.75. The van der Waals surface area contributed by atoms with Crippen LogP contribution in [0.4, 0.5) is 10.5 Å². The Morgan fingerprint density at radius 3 is 2.31 bits per heavy atom. The molecule has 0 fully saturated rings. The summed E-state index contributed by atoms with van der Waals surface area (Å²) in [4.78, 5) is 14.6. The quantitative estimate of drug-likeness (QED) is 0.627. The molecule has 0 saturated carbocycles. The number of anilines is 1. The number of amides is 2. The number of furan rings is 1. The Balaban J connectivity index is 1.73. The maximum atomic E-state index is 12.8. The molecule has 1 N–H and O–H groups in total. The molecule has 0 saturated heterocycles. The van der Waals surface area contributed by atoms with Crippen molar-refractivity contribution in [1.82, 2.24) is 4.90 Å². The molecule has 1 aromatic heterocycles. The summed E-state index contributed by atoms with van der Waals surface area (Å²) in [6, 6.07) is 21.5. The summed E-state index contributed by atoms with van der Waals surface area (Å²) < 4.78 is 5.42. The third-order valence-corrected chi connectivity index (χ3v) is 4.26. The lowest BCUT2D eigenvalue weighted by Gasteiger charge is -2.22. The molecule has 0 aliphatic heterocycles. The van der Waals surface area contributed by atoms with Crippen molar-refractivity contribution >= 4 is 11.7 Å². The lowest BCUT2D eigenvalue weighted by atomic mass is 10.0. The number of nitrogens with zero attached hydrogens (tertiary/aromatic N) is 1. The standard InChI is InChI=1S/C22H24N2O2/c1-17(2)19-10-12-20(13-11-19)23-22(25)24(16-21-9-6-14-26-21)15-18-7-4-3-5-8-18/h3-14,17H,15-16H2,1-2H3,(H,23,25). The van der Waals surface area contributed by atoms with Gasteiger partial charge in [-0.05, 0) is 41.3 Å². The number of urea groups is 1. The minimum atomic E-state index is -0.150. The van der Waals surface area contributed by atoms with Gasteiger partial charge in [0.1, 0.15) is 5.76 Å². The van der Waals surface area contributed by atoms with Crippen LogP contribution in [0.2, 0.25) is 0 Å². The van der Waals surface area contributed by atoms with Gasteiger partial charge in [-0.15, -0.1) is 0 Å². The first kappa shape index (κ1) is 17.8. The summed E-state index contributed by atoms with van der Waals surface area (Å²) in [5.74, 6) is 1.22.